The summed E-state index contributed by atoms with van der Waals surface area (Å²) in [5.74, 6) is -1.53. The summed E-state index contributed by atoms with van der Waals surface area (Å²) in [6, 6.07) is -2.76. The molecule has 4 N–H and O–H groups in total. The number of hydrogen-bond acceptors (Lipinski definition) is 9. The fourth-order valence-corrected chi connectivity index (χ4v) is 4.93. The molecule has 0 aromatic rings. The van der Waals surface area contributed by atoms with Crippen LogP contribution in [0.2, 0.25) is 0 Å². The Labute approximate surface area is 239 Å². The molecule has 0 saturated carbocycles. The van der Waals surface area contributed by atoms with Gasteiger partial charge in [0.05, 0.1) is 16.8 Å². The highest BCUT2D eigenvalue weighted by atomic mass is 32.2. The lowest BCUT2D eigenvalue weighted by Crippen LogP contribution is -2.54. The Morgan fingerprint density at radius 3 is 2.05 bits per heavy atom. The molecule has 4 atom stereocenters. The van der Waals surface area contributed by atoms with Gasteiger partial charge in [0.15, 0.2) is 7.85 Å². The van der Waals surface area contributed by atoms with Crippen molar-refractivity contribution in [2.45, 2.75) is 82.7 Å². The van der Waals surface area contributed by atoms with Gasteiger partial charge in [-0.2, -0.15) is 11.8 Å². The molecule has 0 spiro atoms. The Hall–Kier alpha value is -2.55. The topological polar surface area (TPSA) is 171 Å². The second kappa shape index (κ2) is 17.9. The fraction of sp³-hybridized carbons (Fsp3) is 0.708. The smallest absolute Gasteiger partial charge is 0.242 e. The Morgan fingerprint density at radius 1 is 0.897 bits per heavy atom. The maximum atomic E-state index is 12.4. The molecule has 1 rings (SSSR count). The summed E-state index contributed by atoms with van der Waals surface area (Å²) in [5.41, 5.74) is -0.312. The predicted molar refractivity (Wildman–Crippen MR) is 151 cm³/mol. The number of unbranched alkanes of at least 4 members (excludes halogenated alkanes) is 2. The van der Waals surface area contributed by atoms with Crippen LogP contribution in [0.25, 0.3) is 0 Å². The first-order chi connectivity index (χ1) is 18.4. The summed E-state index contributed by atoms with van der Waals surface area (Å²) in [6.07, 6.45) is 4.59. The Balaban J connectivity index is 2.30. The van der Waals surface area contributed by atoms with Crippen LogP contribution >= 0.6 is 23.5 Å². The fourth-order valence-electron chi connectivity index (χ4n) is 3.50. The lowest BCUT2D eigenvalue weighted by molar-refractivity contribution is -0.139. The molecule has 0 aromatic heterocycles. The third-order valence-corrected chi connectivity index (χ3v) is 7.75. The summed E-state index contributed by atoms with van der Waals surface area (Å²) in [5, 5.41) is 9.79. The van der Waals surface area contributed by atoms with Crippen LogP contribution in [0, 0.1) is 0 Å². The summed E-state index contributed by atoms with van der Waals surface area (Å²) >= 11 is 2.81. The summed E-state index contributed by atoms with van der Waals surface area (Å²) in [4.78, 5) is 85.1. The molecular weight excluding hydrogens is 545 g/mol. The van der Waals surface area contributed by atoms with E-state index in [0.717, 1.165) is 29.9 Å². The third-order valence-electron chi connectivity index (χ3n) is 5.88. The highest BCUT2D eigenvalue weighted by Gasteiger charge is 2.38. The maximum Gasteiger partial charge on any atom is 0.242 e. The SMILES string of the molecule is [B]C(=O)CCCCCSCNC(=O)C(C)NC(=O)C(C)NC(=O)C(C)NC(=O)CCN1C(=O)CC(SC)C1=O. The van der Waals surface area contributed by atoms with Gasteiger partial charge in [-0.15, -0.1) is 11.8 Å². The predicted octanol–water partition coefficient (Wildman–Crippen LogP) is -0.556. The summed E-state index contributed by atoms with van der Waals surface area (Å²) in [7, 11) is 5.09. The van der Waals surface area contributed by atoms with Crippen molar-refractivity contribution in [2.75, 3.05) is 24.4 Å². The Morgan fingerprint density at radius 2 is 1.49 bits per heavy atom. The maximum absolute atomic E-state index is 12.4. The Bertz CT molecular complexity index is 923. The minimum absolute atomic E-state index is 0.0663. The van der Waals surface area contributed by atoms with E-state index >= 15 is 0 Å². The standard InChI is InChI=1S/C24H38BN5O7S2/c1-14(21(34)26-13-39-11-7-5-6-8-18(25)31)28-23(36)16(3)29-22(35)15(2)27-19(32)9-10-30-20(33)12-17(38-4)24(30)37/h14-17H,5-13H2,1-4H3,(H,26,34)(H,27,32)(H,28,36)(H,29,35). The summed E-state index contributed by atoms with van der Waals surface area (Å²) < 4.78 is 0. The molecule has 0 aromatic carbocycles. The van der Waals surface area contributed by atoms with E-state index < -0.39 is 41.1 Å². The number of carbonyl (C=O) groups is 7. The zero-order valence-electron chi connectivity index (χ0n) is 22.9. The Kier molecular flexibility index (Phi) is 15.9. The van der Waals surface area contributed by atoms with Gasteiger partial charge < -0.3 is 26.1 Å². The van der Waals surface area contributed by atoms with Gasteiger partial charge >= 0.3 is 0 Å². The van der Waals surface area contributed by atoms with Crippen molar-refractivity contribution in [3.8, 4) is 0 Å². The van der Waals surface area contributed by atoms with Crippen LogP contribution < -0.4 is 21.3 Å². The van der Waals surface area contributed by atoms with Crippen LogP contribution in [0.1, 0.15) is 59.3 Å². The van der Waals surface area contributed by atoms with Crippen LogP contribution in [-0.2, 0) is 33.6 Å². The number of likely N-dealkylation sites (tertiary alicyclic amines) is 1. The number of amides is 6. The normalized spacial score (nSPS) is 17.2. The number of rotatable bonds is 18. The lowest BCUT2D eigenvalue weighted by atomic mass is 9.97. The average Bonchev–Trinajstić information content (AvgIpc) is 3.15. The van der Waals surface area contributed by atoms with Crippen molar-refractivity contribution in [1.29, 1.82) is 0 Å². The van der Waals surface area contributed by atoms with Gasteiger partial charge in [0.25, 0.3) is 0 Å². The van der Waals surface area contributed by atoms with Crippen molar-refractivity contribution in [3.63, 3.8) is 0 Å². The van der Waals surface area contributed by atoms with Crippen LogP contribution in [0.15, 0.2) is 0 Å². The third kappa shape index (κ3) is 12.9. The zero-order valence-corrected chi connectivity index (χ0v) is 24.5. The second-order valence-corrected chi connectivity index (χ2v) is 11.3. The molecule has 1 aliphatic rings. The van der Waals surface area contributed by atoms with Crippen molar-refractivity contribution >= 4 is 72.5 Å². The van der Waals surface area contributed by atoms with E-state index in [1.807, 2.05) is 0 Å². The molecule has 15 heteroatoms. The quantitative estimate of drug-likeness (QED) is 0.0715. The van der Waals surface area contributed by atoms with Gasteiger partial charge in [-0.25, -0.2) is 0 Å². The van der Waals surface area contributed by atoms with E-state index in [9.17, 15) is 33.6 Å². The van der Waals surface area contributed by atoms with Crippen LogP contribution in [0.4, 0.5) is 0 Å². The number of nitrogens with one attached hydrogen (secondary N) is 4. The molecule has 12 nitrogen and oxygen atoms in total. The van der Waals surface area contributed by atoms with Gasteiger partial charge in [-0.3, -0.25) is 33.7 Å². The van der Waals surface area contributed by atoms with E-state index in [1.165, 1.54) is 44.3 Å². The largest absolute Gasteiger partial charge is 0.345 e. The van der Waals surface area contributed by atoms with Crippen LogP contribution in [-0.4, -0.2) is 102 Å². The first-order valence-corrected chi connectivity index (χ1v) is 15.2. The highest BCUT2D eigenvalue weighted by molar-refractivity contribution is 8.00. The van der Waals surface area contributed by atoms with Gasteiger partial charge in [0, 0.05) is 19.4 Å². The van der Waals surface area contributed by atoms with E-state index in [0.29, 0.717) is 12.3 Å². The minimum Gasteiger partial charge on any atom is -0.345 e. The monoisotopic (exact) mass is 583 g/mol. The summed E-state index contributed by atoms with van der Waals surface area (Å²) in [6.45, 7) is 4.35. The number of imide groups is 1. The van der Waals surface area contributed by atoms with Crippen molar-refractivity contribution in [2.24, 2.45) is 0 Å². The van der Waals surface area contributed by atoms with E-state index in [2.05, 4.69) is 21.3 Å². The number of carbonyl (C=O) groups excluding carboxylic acids is 7. The van der Waals surface area contributed by atoms with Crippen LogP contribution in [0.3, 0.4) is 0 Å². The van der Waals surface area contributed by atoms with E-state index in [-0.39, 0.29) is 42.8 Å². The number of hydrogen-bond donors (Lipinski definition) is 4. The molecule has 1 fully saturated rings. The number of thioether (sulfide) groups is 2. The van der Waals surface area contributed by atoms with E-state index in [4.69, 9.17) is 7.85 Å². The van der Waals surface area contributed by atoms with Crippen molar-refractivity contribution in [3.05, 3.63) is 0 Å². The molecule has 39 heavy (non-hydrogen) atoms. The molecule has 2 radical (unpaired) electrons. The molecule has 4 unspecified atom stereocenters. The first kappa shape index (κ1) is 34.5. The highest BCUT2D eigenvalue weighted by Crippen LogP contribution is 2.23. The molecule has 6 amide bonds. The first-order valence-electron chi connectivity index (χ1n) is 12.8. The molecule has 0 aliphatic carbocycles. The molecule has 1 saturated heterocycles. The molecule has 1 heterocycles. The second-order valence-electron chi connectivity index (χ2n) is 9.18. The van der Waals surface area contributed by atoms with Gasteiger partial charge in [-0.1, -0.05) is 6.42 Å². The average molecular weight is 584 g/mol. The van der Waals surface area contributed by atoms with Crippen molar-refractivity contribution in [1.82, 2.24) is 26.2 Å². The lowest BCUT2D eigenvalue weighted by Gasteiger charge is -2.21. The van der Waals surface area contributed by atoms with Crippen molar-refractivity contribution < 1.29 is 33.6 Å². The molecule has 1 aliphatic heterocycles. The molecular formula is C24H38BN5O7S2. The number of nitrogens with zero attached hydrogens (tertiary/aromatic N) is 1. The zero-order chi connectivity index (χ0) is 29.5. The molecule has 0 bridgehead atoms. The van der Waals surface area contributed by atoms with E-state index in [1.54, 1.807) is 6.26 Å². The van der Waals surface area contributed by atoms with Crippen LogP contribution in [0.5, 0.6) is 0 Å². The van der Waals surface area contributed by atoms with Gasteiger partial charge in [-0.05, 0) is 52.0 Å². The minimum atomic E-state index is -0.967. The van der Waals surface area contributed by atoms with Gasteiger partial charge in [0.1, 0.15) is 18.1 Å². The molecule has 216 valence electrons. The van der Waals surface area contributed by atoms with Gasteiger partial charge in [0.2, 0.25) is 35.4 Å².